The molecule has 0 saturated carbocycles. The monoisotopic (exact) mass is 302 g/mol. The quantitative estimate of drug-likeness (QED) is 0.924. The van der Waals surface area contributed by atoms with Gasteiger partial charge in [0.25, 0.3) is 0 Å². The third-order valence-electron chi connectivity index (χ3n) is 3.62. The third-order valence-corrected chi connectivity index (χ3v) is 3.62. The summed E-state index contributed by atoms with van der Waals surface area (Å²) in [4.78, 5) is 2.31. The van der Waals surface area contributed by atoms with Crippen LogP contribution in [0.4, 0.5) is 18.9 Å². The minimum absolute atomic E-state index is 0.00399. The first-order valence-corrected chi connectivity index (χ1v) is 7.13. The van der Waals surface area contributed by atoms with Gasteiger partial charge < -0.3 is 10.1 Å². The van der Waals surface area contributed by atoms with Gasteiger partial charge in [-0.25, -0.2) is 0 Å². The summed E-state index contributed by atoms with van der Waals surface area (Å²) in [5, 5.41) is 3.03. The van der Waals surface area contributed by atoms with Crippen LogP contribution in [0.1, 0.15) is 19.4 Å². The van der Waals surface area contributed by atoms with Crippen molar-refractivity contribution in [1.82, 2.24) is 4.90 Å². The highest BCUT2D eigenvalue weighted by Crippen LogP contribution is 2.30. The summed E-state index contributed by atoms with van der Waals surface area (Å²) in [6, 6.07) is 5.70. The second-order valence-corrected chi connectivity index (χ2v) is 5.54. The summed E-state index contributed by atoms with van der Waals surface area (Å²) in [6.07, 6.45) is -4.32. The average Bonchev–Trinajstić information content (AvgIpc) is 2.45. The van der Waals surface area contributed by atoms with Crippen LogP contribution < -0.4 is 5.32 Å². The Bertz CT molecular complexity index is 462. The van der Waals surface area contributed by atoms with Crippen molar-refractivity contribution in [2.24, 2.45) is 0 Å². The van der Waals surface area contributed by atoms with Crippen LogP contribution in [0.25, 0.3) is 0 Å². The molecule has 0 radical (unpaired) electrons. The second-order valence-electron chi connectivity index (χ2n) is 5.54. The molecule has 1 unspecified atom stereocenters. The van der Waals surface area contributed by atoms with Crippen LogP contribution in [0.2, 0.25) is 0 Å². The summed E-state index contributed by atoms with van der Waals surface area (Å²) >= 11 is 0. The van der Waals surface area contributed by atoms with E-state index in [0.717, 1.165) is 25.2 Å². The zero-order chi connectivity index (χ0) is 15.5. The Hall–Kier alpha value is -1.27. The third kappa shape index (κ3) is 4.61. The highest BCUT2D eigenvalue weighted by molar-refractivity contribution is 5.46. The van der Waals surface area contributed by atoms with Gasteiger partial charge in [-0.1, -0.05) is 6.07 Å². The van der Waals surface area contributed by atoms with E-state index in [1.807, 2.05) is 0 Å². The predicted molar refractivity (Wildman–Crippen MR) is 76.4 cm³/mol. The van der Waals surface area contributed by atoms with Gasteiger partial charge in [0, 0.05) is 31.4 Å². The maximum Gasteiger partial charge on any atom is 0.416 e. The van der Waals surface area contributed by atoms with E-state index in [-0.39, 0.29) is 6.10 Å². The Morgan fingerprint density at radius 1 is 1.38 bits per heavy atom. The molecule has 6 heteroatoms. The van der Waals surface area contributed by atoms with Crippen LogP contribution in [0.5, 0.6) is 0 Å². The van der Waals surface area contributed by atoms with Crippen LogP contribution in [0.15, 0.2) is 24.3 Å². The van der Waals surface area contributed by atoms with E-state index in [0.29, 0.717) is 24.9 Å². The lowest BCUT2D eigenvalue weighted by Gasteiger charge is -2.35. The van der Waals surface area contributed by atoms with Crippen molar-refractivity contribution < 1.29 is 17.9 Å². The number of ether oxygens (including phenoxy) is 1. The number of hydrogen-bond acceptors (Lipinski definition) is 3. The largest absolute Gasteiger partial charge is 0.416 e. The molecule has 1 aliphatic rings. The first-order valence-electron chi connectivity index (χ1n) is 7.13. The summed E-state index contributed by atoms with van der Waals surface area (Å²) in [5.74, 6) is 0. The summed E-state index contributed by atoms with van der Waals surface area (Å²) in [7, 11) is 0. The van der Waals surface area contributed by atoms with E-state index >= 15 is 0 Å². The fourth-order valence-corrected chi connectivity index (χ4v) is 2.37. The zero-order valence-corrected chi connectivity index (χ0v) is 12.3. The lowest BCUT2D eigenvalue weighted by atomic mass is 10.2. The SMILES string of the molecule is CC(C)N1CCOC(CNc2cccc(C(F)(F)F)c2)C1. The molecule has 1 fully saturated rings. The standard InChI is InChI=1S/C15H21F3N2O/c1-11(2)20-6-7-21-14(10-20)9-19-13-5-3-4-12(8-13)15(16,17)18/h3-5,8,11,14,19H,6-7,9-10H2,1-2H3. The Kier molecular flexibility index (Phi) is 5.11. The maximum atomic E-state index is 12.6. The topological polar surface area (TPSA) is 24.5 Å². The molecular weight excluding hydrogens is 281 g/mol. The average molecular weight is 302 g/mol. The first kappa shape index (κ1) is 16.1. The molecule has 0 amide bonds. The van der Waals surface area contributed by atoms with Gasteiger partial charge in [-0.15, -0.1) is 0 Å². The summed E-state index contributed by atoms with van der Waals surface area (Å²) in [6.45, 7) is 7.12. The number of morpholine rings is 1. The second kappa shape index (κ2) is 6.66. The molecule has 118 valence electrons. The number of rotatable bonds is 4. The van der Waals surface area contributed by atoms with E-state index in [2.05, 4.69) is 24.1 Å². The van der Waals surface area contributed by atoms with Crippen LogP contribution >= 0.6 is 0 Å². The molecule has 1 atom stereocenters. The number of benzene rings is 1. The molecule has 0 aliphatic carbocycles. The van der Waals surface area contributed by atoms with Crippen molar-refractivity contribution in [3.8, 4) is 0 Å². The smallest absolute Gasteiger partial charge is 0.382 e. The van der Waals surface area contributed by atoms with Gasteiger partial charge >= 0.3 is 6.18 Å². The Morgan fingerprint density at radius 2 is 2.14 bits per heavy atom. The lowest BCUT2D eigenvalue weighted by molar-refractivity contribution is -0.137. The zero-order valence-electron chi connectivity index (χ0n) is 12.3. The molecule has 1 saturated heterocycles. The van der Waals surface area contributed by atoms with Crippen LogP contribution in [0.3, 0.4) is 0 Å². The first-order chi connectivity index (χ1) is 9.86. The molecule has 2 rings (SSSR count). The van der Waals surface area contributed by atoms with E-state index in [1.54, 1.807) is 6.07 Å². The Morgan fingerprint density at radius 3 is 2.81 bits per heavy atom. The number of nitrogens with zero attached hydrogens (tertiary/aromatic N) is 1. The van der Waals surface area contributed by atoms with Crippen LogP contribution in [-0.2, 0) is 10.9 Å². The highest BCUT2D eigenvalue weighted by atomic mass is 19.4. The molecule has 0 spiro atoms. The normalized spacial score (nSPS) is 20.8. The van der Waals surface area contributed by atoms with Gasteiger partial charge in [0.2, 0.25) is 0 Å². The number of anilines is 1. The van der Waals surface area contributed by atoms with Crippen molar-refractivity contribution in [3.63, 3.8) is 0 Å². The van der Waals surface area contributed by atoms with Crippen molar-refractivity contribution in [2.45, 2.75) is 32.2 Å². The van der Waals surface area contributed by atoms with E-state index < -0.39 is 11.7 Å². The lowest BCUT2D eigenvalue weighted by Crippen LogP contribution is -2.48. The minimum atomic E-state index is -4.31. The van der Waals surface area contributed by atoms with Crippen LogP contribution in [-0.4, -0.2) is 43.3 Å². The number of nitrogens with one attached hydrogen (secondary N) is 1. The molecule has 1 aromatic rings. The molecule has 1 aliphatic heterocycles. The molecule has 3 nitrogen and oxygen atoms in total. The van der Waals surface area contributed by atoms with E-state index in [9.17, 15) is 13.2 Å². The molecule has 1 N–H and O–H groups in total. The summed E-state index contributed by atoms with van der Waals surface area (Å²) < 4.78 is 43.6. The van der Waals surface area contributed by atoms with Crippen molar-refractivity contribution in [2.75, 3.05) is 31.6 Å². The van der Waals surface area contributed by atoms with Gasteiger partial charge in [-0.05, 0) is 32.0 Å². The van der Waals surface area contributed by atoms with Crippen molar-refractivity contribution >= 4 is 5.69 Å². The molecule has 1 aromatic carbocycles. The van der Waals surface area contributed by atoms with E-state index in [4.69, 9.17) is 4.74 Å². The van der Waals surface area contributed by atoms with Gasteiger partial charge in [-0.3, -0.25) is 4.90 Å². The van der Waals surface area contributed by atoms with Gasteiger partial charge in [0.15, 0.2) is 0 Å². The summed E-state index contributed by atoms with van der Waals surface area (Å²) in [5.41, 5.74) is -0.170. The van der Waals surface area contributed by atoms with Crippen molar-refractivity contribution in [3.05, 3.63) is 29.8 Å². The van der Waals surface area contributed by atoms with Gasteiger partial charge in [0.1, 0.15) is 0 Å². The van der Waals surface area contributed by atoms with Crippen LogP contribution in [0, 0.1) is 0 Å². The fraction of sp³-hybridized carbons (Fsp3) is 0.600. The minimum Gasteiger partial charge on any atom is -0.382 e. The number of alkyl halides is 3. The molecule has 21 heavy (non-hydrogen) atoms. The number of hydrogen-bond donors (Lipinski definition) is 1. The van der Waals surface area contributed by atoms with Gasteiger partial charge in [-0.2, -0.15) is 13.2 Å². The van der Waals surface area contributed by atoms with Crippen molar-refractivity contribution in [1.29, 1.82) is 0 Å². The predicted octanol–water partition coefficient (Wildman–Crippen LogP) is 3.23. The molecule has 0 aromatic heterocycles. The van der Waals surface area contributed by atoms with Gasteiger partial charge in [0.05, 0.1) is 18.3 Å². The molecule has 1 heterocycles. The number of halogens is 3. The molecular formula is C15H21F3N2O. The van der Waals surface area contributed by atoms with E-state index in [1.165, 1.54) is 6.07 Å². The Labute approximate surface area is 123 Å². The molecule has 0 bridgehead atoms. The highest BCUT2D eigenvalue weighted by Gasteiger charge is 2.30. The Balaban J connectivity index is 1.91. The fourth-order valence-electron chi connectivity index (χ4n) is 2.37. The maximum absolute atomic E-state index is 12.6.